The molecule has 0 saturated heterocycles. The van der Waals surface area contributed by atoms with Gasteiger partial charge in [0.2, 0.25) is 5.88 Å². The molecular weight excluding hydrogens is 230 g/mol. The summed E-state index contributed by atoms with van der Waals surface area (Å²) in [5.41, 5.74) is 0.958. The number of nitrogens with one attached hydrogen (secondary N) is 1. The molecule has 0 bridgehead atoms. The number of imidazole rings is 1. The van der Waals surface area contributed by atoms with Crippen LogP contribution in [0.2, 0.25) is 0 Å². The molecule has 0 aliphatic heterocycles. The van der Waals surface area contributed by atoms with Gasteiger partial charge in [0.1, 0.15) is 5.82 Å². The van der Waals surface area contributed by atoms with Crippen LogP contribution in [0.5, 0.6) is 5.88 Å². The molecule has 6 heteroatoms. The molecule has 2 rings (SSSR count). The Balaban J connectivity index is 2.20. The maximum Gasteiger partial charge on any atom is 0.211 e. The highest BCUT2D eigenvalue weighted by Gasteiger charge is 2.17. The van der Waals surface area contributed by atoms with Crippen molar-refractivity contribution >= 4 is 0 Å². The van der Waals surface area contributed by atoms with Crippen LogP contribution in [0.4, 0.5) is 0 Å². The van der Waals surface area contributed by atoms with Gasteiger partial charge in [-0.25, -0.2) is 9.67 Å². The highest BCUT2D eigenvalue weighted by Crippen LogP contribution is 2.20. The normalized spacial score (nSPS) is 12.7. The molecule has 2 aromatic rings. The lowest BCUT2D eigenvalue weighted by Crippen LogP contribution is -2.21. The Labute approximate surface area is 107 Å². The van der Waals surface area contributed by atoms with Gasteiger partial charge in [0, 0.05) is 39.0 Å². The Morgan fingerprint density at radius 2 is 2.22 bits per heavy atom. The molecule has 6 nitrogen and oxygen atoms in total. The van der Waals surface area contributed by atoms with E-state index in [1.807, 2.05) is 38.0 Å². The highest BCUT2D eigenvalue weighted by molar-refractivity contribution is 5.19. The number of methoxy groups -OCH3 is 1. The van der Waals surface area contributed by atoms with E-state index in [2.05, 4.69) is 15.4 Å². The summed E-state index contributed by atoms with van der Waals surface area (Å²) in [4.78, 5) is 4.34. The minimum absolute atomic E-state index is 0.126. The van der Waals surface area contributed by atoms with Crippen LogP contribution in [-0.2, 0) is 20.5 Å². The van der Waals surface area contributed by atoms with Gasteiger partial charge in [-0.3, -0.25) is 0 Å². The third kappa shape index (κ3) is 2.38. The van der Waals surface area contributed by atoms with Gasteiger partial charge in [0.15, 0.2) is 0 Å². The quantitative estimate of drug-likeness (QED) is 0.846. The molecule has 0 aliphatic rings. The summed E-state index contributed by atoms with van der Waals surface area (Å²) < 4.78 is 8.98. The van der Waals surface area contributed by atoms with Gasteiger partial charge in [-0.15, -0.1) is 0 Å². The van der Waals surface area contributed by atoms with E-state index in [1.54, 1.807) is 18.0 Å². The molecule has 0 amide bonds. The Bertz CT molecular complexity index is 516. The molecule has 0 aliphatic carbocycles. The van der Waals surface area contributed by atoms with Crippen LogP contribution in [0, 0.1) is 0 Å². The van der Waals surface area contributed by atoms with Crippen molar-refractivity contribution in [3.8, 4) is 5.88 Å². The molecule has 0 saturated carbocycles. The van der Waals surface area contributed by atoms with Crippen LogP contribution in [-0.4, -0.2) is 33.5 Å². The van der Waals surface area contributed by atoms with Gasteiger partial charge in [-0.1, -0.05) is 0 Å². The van der Waals surface area contributed by atoms with E-state index in [1.165, 1.54) is 0 Å². The Morgan fingerprint density at radius 1 is 1.44 bits per heavy atom. The van der Waals surface area contributed by atoms with E-state index in [-0.39, 0.29) is 6.04 Å². The highest BCUT2D eigenvalue weighted by atomic mass is 16.5. The van der Waals surface area contributed by atoms with Gasteiger partial charge in [-0.05, 0) is 7.05 Å². The summed E-state index contributed by atoms with van der Waals surface area (Å²) in [5.74, 6) is 1.78. The summed E-state index contributed by atoms with van der Waals surface area (Å²) in [7, 11) is 7.44. The summed E-state index contributed by atoms with van der Waals surface area (Å²) in [5, 5.41) is 7.72. The number of likely N-dealkylation sites (N-methyl/N-ethyl adjacent to an activating group) is 1. The summed E-state index contributed by atoms with van der Waals surface area (Å²) in [6.07, 6.45) is 4.54. The van der Waals surface area contributed by atoms with Crippen molar-refractivity contribution < 1.29 is 4.74 Å². The number of nitrogens with zero attached hydrogens (tertiary/aromatic N) is 4. The van der Waals surface area contributed by atoms with Crippen molar-refractivity contribution in [3.63, 3.8) is 0 Å². The molecular formula is C12H19N5O. The fraction of sp³-hybridized carbons (Fsp3) is 0.500. The largest absolute Gasteiger partial charge is 0.481 e. The van der Waals surface area contributed by atoms with Crippen molar-refractivity contribution in [1.82, 2.24) is 24.6 Å². The predicted octanol–water partition coefficient (Wildman–Crippen LogP) is 0.665. The van der Waals surface area contributed by atoms with Gasteiger partial charge in [0.25, 0.3) is 0 Å². The molecule has 98 valence electrons. The average molecular weight is 249 g/mol. The summed E-state index contributed by atoms with van der Waals surface area (Å²) >= 11 is 0. The first-order valence-corrected chi connectivity index (χ1v) is 5.87. The zero-order chi connectivity index (χ0) is 13.1. The molecule has 0 spiro atoms. The third-order valence-electron chi connectivity index (χ3n) is 3.08. The smallest absolute Gasteiger partial charge is 0.211 e. The molecule has 1 N–H and O–H groups in total. The van der Waals surface area contributed by atoms with Crippen LogP contribution >= 0.6 is 0 Å². The van der Waals surface area contributed by atoms with E-state index in [0.717, 1.165) is 23.8 Å². The second-order valence-electron chi connectivity index (χ2n) is 4.23. The molecule has 0 radical (unpaired) electrons. The fourth-order valence-electron chi connectivity index (χ4n) is 1.96. The SMILES string of the molecule is CNC(Cc1nccn1C)c1cc(OC)n(C)n1. The van der Waals surface area contributed by atoms with E-state index >= 15 is 0 Å². The number of ether oxygens (including phenoxy) is 1. The lowest BCUT2D eigenvalue weighted by atomic mass is 10.1. The first-order valence-electron chi connectivity index (χ1n) is 5.87. The molecule has 18 heavy (non-hydrogen) atoms. The lowest BCUT2D eigenvalue weighted by Gasteiger charge is -2.13. The minimum Gasteiger partial charge on any atom is -0.481 e. The minimum atomic E-state index is 0.126. The first kappa shape index (κ1) is 12.6. The van der Waals surface area contributed by atoms with Crippen LogP contribution in [0.15, 0.2) is 18.5 Å². The maximum atomic E-state index is 5.23. The number of hydrogen-bond acceptors (Lipinski definition) is 4. The topological polar surface area (TPSA) is 56.9 Å². The van der Waals surface area contributed by atoms with E-state index in [9.17, 15) is 0 Å². The summed E-state index contributed by atoms with van der Waals surface area (Å²) in [6, 6.07) is 2.07. The van der Waals surface area contributed by atoms with Gasteiger partial charge in [0.05, 0.1) is 18.8 Å². The average Bonchev–Trinajstić information content (AvgIpc) is 2.92. The molecule has 2 heterocycles. The van der Waals surface area contributed by atoms with Crippen LogP contribution in [0.25, 0.3) is 0 Å². The second-order valence-corrected chi connectivity index (χ2v) is 4.23. The maximum absolute atomic E-state index is 5.23. The van der Waals surface area contributed by atoms with Gasteiger partial charge >= 0.3 is 0 Å². The second kappa shape index (κ2) is 5.22. The number of hydrogen-bond donors (Lipinski definition) is 1. The zero-order valence-corrected chi connectivity index (χ0v) is 11.2. The van der Waals surface area contributed by atoms with Crippen LogP contribution < -0.4 is 10.1 Å². The molecule has 1 unspecified atom stereocenters. The van der Waals surface area contributed by atoms with Crippen LogP contribution in [0.3, 0.4) is 0 Å². The van der Waals surface area contributed by atoms with Crippen molar-refractivity contribution in [2.45, 2.75) is 12.5 Å². The van der Waals surface area contributed by atoms with E-state index in [4.69, 9.17) is 4.74 Å². The third-order valence-corrected chi connectivity index (χ3v) is 3.08. The summed E-state index contributed by atoms with van der Waals surface area (Å²) in [6.45, 7) is 0. The molecule has 2 aromatic heterocycles. The fourth-order valence-corrected chi connectivity index (χ4v) is 1.96. The zero-order valence-electron chi connectivity index (χ0n) is 11.2. The molecule has 0 aromatic carbocycles. The number of rotatable bonds is 5. The first-order chi connectivity index (χ1) is 8.65. The molecule has 1 atom stereocenters. The van der Waals surface area contributed by atoms with Gasteiger partial charge < -0.3 is 14.6 Å². The number of aromatic nitrogens is 4. The van der Waals surface area contributed by atoms with Crippen molar-refractivity contribution in [2.75, 3.05) is 14.2 Å². The van der Waals surface area contributed by atoms with Crippen molar-refractivity contribution in [1.29, 1.82) is 0 Å². The molecule has 0 fully saturated rings. The Morgan fingerprint density at radius 3 is 2.72 bits per heavy atom. The lowest BCUT2D eigenvalue weighted by molar-refractivity contribution is 0.373. The van der Waals surface area contributed by atoms with Crippen LogP contribution in [0.1, 0.15) is 17.6 Å². The van der Waals surface area contributed by atoms with Crippen molar-refractivity contribution in [3.05, 3.63) is 30.0 Å². The predicted molar refractivity (Wildman–Crippen MR) is 68.5 cm³/mol. The van der Waals surface area contributed by atoms with Crippen molar-refractivity contribution in [2.24, 2.45) is 14.1 Å². The standard InChI is InChI=1S/C12H19N5O/c1-13-9(7-11-14-5-6-16(11)2)10-8-12(18-4)17(3)15-10/h5-6,8-9,13H,7H2,1-4H3. The monoisotopic (exact) mass is 249 g/mol. The van der Waals surface area contributed by atoms with Gasteiger partial charge in [-0.2, -0.15) is 5.10 Å². The Hall–Kier alpha value is -1.82. The van der Waals surface area contributed by atoms with E-state index < -0.39 is 0 Å². The number of aryl methyl sites for hydroxylation is 2. The van der Waals surface area contributed by atoms with E-state index in [0.29, 0.717) is 0 Å². The Kier molecular flexibility index (Phi) is 3.66.